The number of esters is 1. The Kier molecular flexibility index (Phi) is 9.48. The molecule has 0 saturated carbocycles. The van der Waals surface area contributed by atoms with E-state index in [0.717, 1.165) is 22.2 Å². The number of thioether (sulfide) groups is 1. The first-order valence-corrected chi connectivity index (χ1v) is 12.6. The number of rotatable bonds is 10. The summed E-state index contributed by atoms with van der Waals surface area (Å²) in [5.74, 6) is -0.169. The number of hydrogen-bond donors (Lipinski definition) is 0. The number of carbonyl (C=O) groups is 3. The van der Waals surface area contributed by atoms with Gasteiger partial charge in [0, 0.05) is 0 Å². The summed E-state index contributed by atoms with van der Waals surface area (Å²) in [5.41, 5.74) is 1.48. The Hall–Kier alpha value is -2.68. The lowest BCUT2D eigenvalue weighted by Crippen LogP contribution is -2.35. The number of nitrogens with zero attached hydrogens (tertiary/aromatic N) is 1. The van der Waals surface area contributed by atoms with Crippen molar-refractivity contribution in [3.8, 4) is 11.5 Å². The molecular weight excluding hydrogens is 513 g/mol. The molecule has 0 N–H and O–H groups in total. The largest absolute Gasteiger partial charge is 0.490 e. The van der Waals surface area contributed by atoms with Gasteiger partial charge >= 0.3 is 5.97 Å². The highest BCUT2D eigenvalue weighted by atomic mass is 35.5. The van der Waals surface area contributed by atoms with Crippen LogP contribution in [0.2, 0.25) is 10.0 Å². The highest BCUT2D eigenvalue weighted by molar-refractivity contribution is 8.18. The summed E-state index contributed by atoms with van der Waals surface area (Å²) >= 11 is 12.8. The standard InChI is InChI=1S/C25H25Cl2NO6S/c1-4-15(3)34-23(29)13-28-24(30)22(35-25(28)31)12-16-7-9-20(21(11-16)32-5-2)33-14-17-6-8-18(26)19(27)10-17/h6-12,15H,4-5,13-14H2,1-3H3/b22-12+/t15-/m0/s1. The van der Waals surface area contributed by atoms with E-state index in [9.17, 15) is 14.4 Å². The average molecular weight is 538 g/mol. The van der Waals surface area contributed by atoms with E-state index in [2.05, 4.69) is 0 Å². The summed E-state index contributed by atoms with van der Waals surface area (Å²) in [7, 11) is 0. The molecule has 186 valence electrons. The fourth-order valence-corrected chi connectivity index (χ4v) is 4.21. The molecule has 0 unspecified atom stereocenters. The number of imide groups is 1. The number of hydrogen-bond acceptors (Lipinski definition) is 7. The number of ether oxygens (including phenoxy) is 3. The van der Waals surface area contributed by atoms with Crippen LogP contribution in [0.25, 0.3) is 6.08 Å². The lowest BCUT2D eigenvalue weighted by Gasteiger charge is -2.15. The number of benzene rings is 2. The Balaban J connectivity index is 1.73. The molecule has 0 aromatic heterocycles. The van der Waals surface area contributed by atoms with Crippen molar-refractivity contribution >= 4 is 58.2 Å². The molecule has 0 spiro atoms. The molecule has 2 amide bonds. The van der Waals surface area contributed by atoms with E-state index < -0.39 is 23.7 Å². The van der Waals surface area contributed by atoms with Crippen LogP contribution in [0.5, 0.6) is 11.5 Å². The molecule has 3 rings (SSSR count). The molecule has 0 aliphatic carbocycles. The lowest BCUT2D eigenvalue weighted by atomic mass is 10.1. The predicted octanol–water partition coefficient (Wildman–Crippen LogP) is 6.35. The Labute approximate surface area is 218 Å². The van der Waals surface area contributed by atoms with Crippen LogP contribution in [0.4, 0.5) is 4.79 Å². The fraction of sp³-hybridized carbons (Fsp3) is 0.320. The summed E-state index contributed by atoms with van der Waals surface area (Å²) in [6, 6.07) is 10.4. The number of carbonyl (C=O) groups excluding carboxylic acids is 3. The molecule has 35 heavy (non-hydrogen) atoms. The van der Waals surface area contributed by atoms with Crippen LogP contribution in [0.3, 0.4) is 0 Å². The first-order valence-electron chi connectivity index (χ1n) is 11.0. The molecule has 1 atom stereocenters. The summed E-state index contributed by atoms with van der Waals surface area (Å²) in [4.78, 5) is 38.2. The van der Waals surface area contributed by atoms with Gasteiger partial charge in [-0.2, -0.15) is 0 Å². The first kappa shape index (κ1) is 26.9. The molecule has 7 nitrogen and oxygen atoms in total. The van der Waals surface area contributed by atoms with Gasteiger partial charge in [0.2, 0.25) is 0 Å². The third-order valence-corrected chi connectivity index (χ3v) is 6.66. The van der Waals surface area contributed by atoms with Crippen molar-refractivity contribution in [3.05, 3.63) is 62.5 Å². The minimum Gasteiger partial charge on any atom is -0.490 e. The van der Waals surface area contributed by atoms with Gasteiger partial charge in [0.25, 0.3) is 11.1 Å². The molecule has 0 radical (unpaired) electrons. The second-order valence-electron chi connectivity index (χ2n) is 7.65. The molecular formula is C25H25Cl2NO6S. The molecule has 1 heterocycles. The zero-order chi connectivity index (χ0) is 25.5. The Bertz CT molecular complexity index is 1150. The molecule has 1 saturated heterocycles. The van der Waals surface area contributed by atoms with Crippen LogP contribution in [-0.2, 0) is 20.9 Å². The van der Waals surface area contributed by atoms with Gasteiger partial charge in [0.1, 0.15) is 13.2 Å². The van der Waals surface area contributed by atoms with E-state index in [-0.39, 0.29) is 17.6 Å². The van der Waals surface area contributed by atoms with Crippen molar-refractivity contribution in [1.82, 2.24) is 4.90 Å². The van der Waals surface area contributed by atoms with Crippen LogP contribution in [-0.4, -0.2) is 41.3 Å². The maximum absolute atomic E-state index is 12.7. The average Bonchev–Trinajstić information content (AvgIpc) is 3.08. The van der Waals surface area contributed by atoms with E-state index in [1.165, 1.54) is 0 Å². The predicted molar refractivity (Wildman–Crippen MR) is 137 cm³/mol. The molecule has 0 bridgehead atoms. The highest BCUT2D eigenvalue weighted by Gasteiger charge is 2.36. The second-order valence-corrected chi connectivity index (χ2v) is 9.46. The van der Waals surface area contributed by atoms with Gasteiger partial charge in [0.15, 0.2) is 11.5 Å². The zero-order valence-corrected chi connectivity index (χ0v) is 21.8. The summed E-state index contributed by atoms with van der Waals surface area (Å²) in [5, 5.41) is 0.385. The van der Waals surface area contributed by atoms with Crippen LogP contribution in [0, 0.1) is 0 Å². The molecule has 2 aromatic carbocycles. The lowest BCUT2D eigenvalue weighted by molar-refractivity contribution is -0.150. The maximum Gasteiger partial charge on any atom is 0.326 e. The van der Waals surface area contributed by atoms with Crippen LogP contribution >= 0.6 is 35.0 Å². The number of halogens is 2. The van der Waals surface area contributed by atoms with Crippen molar-refractivity contribution in [2.75, 3.05) is 13.2 Å². The first-order chi connectivity index (χ1) is 16.7. The third-order valence-electron chi connectivity index (χ3n) is 5.01. The molecule has 2 aromatic rings. The summed E-state index contributed by atoms with van der Waals surface area (Å²) in [6.07, 6.45) is 1.94. The van der Waals surface area contributed by atoms with Gasteiger partial charge in [-0.3, -0.25) is 19.3 Å². The zero-order valence-electron chi connectivity index (χ0n) is 19.5. The van der Waals surface area contributed by atoms with Crippen molar-refractivity contribution in [3.63, 3.8) is 0 Å². The summed E-state index contributed by atoms with van der Waals surface area (Å²) in [6.45, 7) is 5.71. The highest BCUT2D eigenvalue weighted by Crippen LogP contribution is 2.35. The van der Waals surface area contributed by atoms with Crippen LogP contribution < -0.4 is 9.47 Å². The van der Waals surface area contributed by atoms with Crippen LogP contribution in [0.1, 0.15) is 38.3 Å². The Morgan fingerprint density at radius 2 is 1.83 bits per heavy atom. The SMILES string of the molecule is CCOc1cc(/C=C2/SC(=O)N(CC(=O)O[C@@H](C)CC)C2=O)ccc1OCc1ccc(Cl)c(Cl)c1. The quantitative estimate of drug-likeness (QED) is 0.258. The van der Waals surface area contributed by atoms with Gasteiger partial charge in [0.05, 0.1) is 27.7 Å². The van der Waals surface area contributed by atoms with Crippen molar-refractivity contribution < 1.29 is 28.6 Å². The third kappa shape index (κ3) is 7.16. The molecule has 1 fully saturated rings. The van der Waals surface area contributed by atoms with E-state index in [4.69, 9.17) is 37.4 Å². The minimum absolute atomic E-state index is 0.207. The van der Waals surface area contributed by atoms with E-state index in [1.54, 1.807) is 43.3 Å². The fourth-order valence-electron chi connectivity index (χ4n) is 3.05. The normalized spacial score (nSPS) is 15.5. The minimum atomic E-state index is -0.620. The van der Waals surface area contributed by atoms with E-state index in [0.29, 0.717) is 40.1 Å². The number of amides is 2. The summed E-state index contributed by atoms with van der Waals surface area (Å²) < 4.78 is 16.8. The van der Waals surface area contributed by atoms with Gasteiger partial charge in [-0.25, -0.2) is 0 Å². The molecule has 1 aliphatic rings. The van der Waals surface area contributed by atoms with E-state index in [1.807, 2.05) is 19.9 Å². The van der Waals surface area contributed by atoms with Crippen molar-refractivity contribution in [2.45, 2.75) is 39.9 Å². The monoisotopic (exact) mass is 537 g/mol. The Morgan fingerprint density at radius 1 is 1.06 bits per heavy atom. The van der Waals surface area contributed by atoms with Gasteiger partial charge in [-0.15, -0.1) is 0 Å². The Morgan fingerprint density at radius 3 is 2.51 bits per heavy atom. The van der Waals surface area contributed by atoms with Crippen molar-refractivity contribution in [1.29, 1.82) is 0 Å². The van der Waals surface area contributed by atoms with Gasteiger partial charge < -0.3 is 14.2 Å². The second kappa shape index (κ2) is 12.3. The molecule has 10 heteroatoms. The van der Waals surface area contributed by atoms with E-state index >= 15 is 0 Å². The topological polar surface area (TPSA) is 82.1 Å². The van der Waals surface area contributed by atoms with Crippen LogP contribution in [0.15, 0.2) is 41.3 Å². The van der Waals surface area contributed by atoms with Crippen molar-refractivity contribution in [2.24, 2.45) is 0 Å². The molecule has 1 aliphatic heterocycles. The van der Waals surface area contributed by atoms with Gasteiger partial charge in [-0.1, -0.05) is 42.3 Å². The maximum atomic E-state index is 12.7. The van der Waals surface area contributed by atoms with Gasteiger partial charge in [-0.05, 0) is 73.5 Å². The smallest absolute Gasteiger partial charge is 0.326 e.